The van der Waals surface area contributed by atoms with Crippen molar-refractivity contribution in [3.8, 4) is 5.75 Å². The highest BCUT2D eigenvalue weighted by atomic mass is 32.2. The Hall–Kier alpha value is -2.54. The Morgan fingerprint density at radius 3 is 2.53 bits per heavy atom. The molecule has 2 aromatic carbocycles. The molecule has 0 fully saturated rings. The summed E-state index contributed by atoms with van der Waals surface area (Å²) in [5.41, 5.74) is 4.15. The molecule has 0 heterocycles. The molecule has 3 rings (SSSR count). The van der Waals surface area contributed by atoms with Gasteiger partial charge in [-0.2, -0.15) is 0 Å². The van der Waals surface area contributed by atoms with Gasteiger partial charge in [0.25, 0.3) is 0 Å². The quantitative estimate of drug-likeness (QED) is 0.694. The number of nitrogens with one attached hydrogen (secondary N) is 1. The zero-order chi connectivity index (χ0) is 21.9. The second kappa shape index (κ2) is 9.08. The van der Waals surface area contributed by atoms with E-state index in [1.165, 1.54) is 17.5 Å². The minimum absolute atomic E-state index is 0.0385. The average Bonchev–Trinajstić information content (AvgIpc) is 3.12. The summed E-state index contributed by atoms with van der Waals surface area (Å²) in [5.74, 6) is 0.201. The molecule has 0 saturated carbocycles. The Kier molecular flexibility index (Phi) is 6.71. The molecule has 30 heavy (non-hydrogen) atoms. The molecule has 0 spiro atoms. The largest absolute Gasteiger partial charge is 0.491 e. The first-order valence-corrected chi connectivity index (χ1v) is 12.1. The lowest BCUT2D eigenvalue weighted by Gasteiger charge is -2.24. The number of carbonyl (C=O) groups excluding carboxylic acids is 1. The lowest BCUT2D eigenvalue weighted by molar-refractivity contribution is -0.120. The van der Waals surface area contributed by atoms with Gasteiger partial charge in [-0.15, -0.1) is 0 Å². The second-order valence-electron chi connectivity index (χ2n) is 8.10. The monoisotopic (exact) mass is 430 g/mol. The van der Waals surface area contributed by atoms with Crippen molar-refractivity contribution < 1.29 is 17.9 Å². The van der Waals surface area contributed by atoms with Crippen molar-refractivity contribution in [2.24, 2.45) is 0 Å². The van der Waals surface area contributed by atoms with Gasteiger partial charge in [0.15, 0.2) is 0 Å². The van der Waals surface area contributed by atoms with Crippen LogP contribution in [0.1, 0.15) is 49.9 Å². The van der Waals surface area contributed by atoms with Gasteiger partial charge in [-0.05, 0) is 68.9 Å². The van der Waals surface area contributed by atoms with Crippen LogP contribution < -0.4 is 14.4 Å². The van der Waals surface area contributed by atoms with Gasteiger partial charge >= 0.3 is 0 Å². The SMILES string of the molecule is CC(C)Oc1cccc(N(CC(=O)N[C@H](C)c2ccc3c(c2)CCC3)S(C)(=O)=O)c1. The topological polar surface area (TPSA) is 75.7 Å². The third-order valence-electron chi connectivity index (χ3n) is 5.16. The molecule has 6 nitrogen and oxygen atoms in total. The van der Waals surface area contributed by atoms with Crippen molar-refractivity contribution >= 4 is 21.6 Å². The number of fused-ring (bicyclic) bond motifs is 1. The highest BCUT2D eigenvalue weighted by Crippen LogP contribution is 2.26. The molecule has 0 aromatic heterocycles. The number of hydrogen-bond acceptors (Lipinski definition) is 4. The number of benzene rings is 2. The summed E-state index contributed by atoms with van der Waals surface area (Å²) in [4.78, 5) is 12.7. The van der Waals surface area contributed by atoms with Gasteiger partial charge in [-0.1, -0.05) is 24.3 Å². The number of aryl methyl sites for hydroxylation is 2. The predicted octanol–water partition coefficient (Wildman–Crippen LogP) is 3.61. The minimum atomic E-state index is -3.65. The normalized spacial score (nSPS) is 14.3. The standard InChI is InChI=1S/C23H30N2O4S/c1-16(2)29-22-10-6-9-21(14-22)25(30(4,27)28)15-23(26)24-17(3)19-12-11-18-7-5-8-20(18)13-19/h6,9-14,16-17H,5,7-8,15H2,1-4H3,(H,24,26)/t17-/m1/s1. The predicted molar refractivity (Wildman–Crippen MR) is 119 cm³/mol. The third-order valence-corrected chi connectivity index (χ3v) is 6.31. The van der Waals surface area contributed by atoms with Gasteiger partial charge in [0, 0.05) is 6.07 Å². The van der Waals surface area contributed by atoms with Crippen LogP contribution in [0.15, 0.2) is 42.5 Å². The van der Waals surface area contributed by atoms with E-state index >= 15 is 0 Å². The van der Waals surface area contributed by atoms with Crippen LogP contribution >= 0.6 is 0 Å². The Morgan fingerprint density at radius 2 is 1.83 bits per heavy atom. The van der Waals surface area contributed by atoms with E-state index in [2.05, 4.69) is 17.4 Å². The Morgan fingerprint density at radius 1 is 1.10 bits per heavy atom. The van der Waals surface area contributed by atoms with Crippen LogP contribution in [0.2, 0.25) is 0 Å². The summed E-state index contributed by atoms with van der Waals surface area (Å²) < 4.78 is 31.5. The van der Waals surface area contributed by atoms with Gasteiger partial charge in [0.05, 0.1) is 24.1 Å². The molecule has 0 radical (unpaired) electrons. The van der Waals surface area contributed by atoms with Crippen LogP contribution in [0.25, 0.3) is 0 Å². The molecule has 1 atom stereocenters. The lowest BCUT2D eigenvalue weighted by atomic mass is 10.0. The number of ether oxygens (including phenoxy) is 1. The Labute approximate surface area is 179 Å². The van der Waals surface area contributed by atoms with E-state index in [4.69, 9.17) is 4.74 Å². The molecule has 7 heteroatoms. The minimum Gasteiger partial charge on any atom is -0.491 e. The molecule has 2 aromatic rings. The van der Waals surface area contributed by atoms with E-state index < -0.39 is 10.0 Å². The van der Waals surface area contributed by atoms with E-state index in [0.29, 0.717) is 11.4 Å². The highest BCUT2D eigenvalue weighted by Gasteiger charge is 2.23. The van der Waals surface area contributed by atoms with Crippen LogP contribution in [0, 0.1) is 0 Å². The van der Waals surface area contributed by atoms with Crippen molar-refractivity contribution in [1.29, 1.82) is 0 Å². The second-order valence-corrected chi connectivity index (χ2v) is 10.0. The average molecular weight is 431 g/mol. The summed E-state index contributed by atoms with van der Waals surface area (Å²) in [5, 5.41) is 2.93. The van der Waals surface area contributed by atoms with Crippen molar-refractivity contribution in [2.45, 2.75) is 52.2 Å². The van der Waals surface area contributed by atoms with Crippen molar-refractivity contribution in [2.75, 3.05) is 17.1 Å². The molecule has 1 amide bonds. The van der Waals surface area contributed by atoms with Crippen molar-refractivity contribution in [1.82, 2.24) is 5.32 Å². The number of rotatable bonds is 8. The fraction of sp³-hybridized carbons (Fsp3) is 0.435. The van der Waals surface area contributed by atoms with Gasteiger partial charge in [-0.3, -0.25) is 9.10 Å². The smallest absolute Gasteiger partial charge is 0.241 e. The number of nitrogens with zero attached hydrogens (tertiary/aromatic N) is 1. The van der Waals surface area contributed by atoms with E-state index in [-0.39, 0.29) is 24.6 Å². The van der Waals surface area contributed by atoms with E-state index in [1.54, 1.807) is 24.3 Å². The van der Waals surface area contributed by atoms with Crippen LogP contribution in [0.4, 0.5) is 5.69 Å². The number of anilines is 1. The summed E-state index contributed by atoms with van der Waals surface area (Å²) in [6.07, 6.45) is 4.41. The van der Waals surface area contributed by atoms with Crippen LogP contribution in [-0.2, 0) is 27.7 Å². The van der Waals surface area contributed by atoms with Crippen LogP contribution in [-0.4, -0.2) is 33.2 Å². The molecular formula is C23H30N2O4S. The van der Waals surface area contributed by atoms with Crippen molar-refractivity contribution in [3.63, 3.8) is 0 Å². The fourth-order valence-electron chi connectivity index (χ4n) is 3.75. The summed E-state index contributed by atoms with van der Waals surface area (Å²) in [6.45, 7) is 5.42. The van der Waals surface area contributed by atoms with Gasteiger partial charge in [-0.25, -0.2) is 8.42 Å². The molecule has 1 aliphatic carbocycles. The van der Waals surface area contributed by atoms with E-state index in [9.17, 15) is 13.2 Å². The molecule has 1 N–H and O–H groups in total. The maximum atomic E-state index is 12.7. The molecular weight excluding hydrogens is 400 g/mol. The molecule has 162 valence electrons. The van der Waals surface area contributed by atoms with Crippen LogP contribution in [0.3, 0.4) is 0 Å². The summed E-state index contributed by atoms with van der Waals surface area (Å²) in [7, 11) is -3.65. The highest BCUT2D eigenvalue weighted by molar-refractivity contribution is 7.92. The zero-order valence-electron chi connectivity index (χ0n) is 18.0. The first-order chi connectivity index (χ1) is 14.1. The van der Waals surface area contributed by atoms with Gasteiger partial charge in [0.2, 0.25) is 15.9 Å². The van der Waals surface area contributed by atoms with Crippen molar-refractivity contribution in [3.05, 3.63) is 59.2 Å². The molecule has 0 aliphatic heterocycles. The Bertz CT molecular complexity index is 1020. The number of sulfonamides is 1. The van der Waals surface area contributed by atoms with Crippen LogP contribution in [0.5, 0.6) is 5.75 Å². The summed E-state index contributed by atoms with van der Waals surface area (Å²) in [6, 6.07) is 12.9. The van der Waals surface area contributed by atoms with E-state index in [1.807, 2.05) is 26.8 Å². The van der Waals surface area contributed by atoms with Gasteiger partial charge < -0.3 is 10.1 Å². The molecule has 0 saturated heterocycles. The number of amides is 1. The van der Waals surface area contributed by atoms with Gasteiger partial charge in [0.1, 0.15) is 12.3 Å². The van der Waals surface area contributed by atoms with E-state index in [0.717, 1.165) is 29.0 Å². The first-order valence-electron chi connectivity index (χ1n) is 10.3. The molecule has 0 unspecified atom stereocenters. The molecule has 0 bridgehead atoms. The maximum Gasteiger partial charge on any atom is 0.241 e. The number of hydrogen-bond donors (Lipinski definition) is 1. The number of carbonyl (C=O) groups is 1. The maximum absolute atomic E-state index is 12.7. The Balaban J connectivity index is 1.73. The zero-order valence-corrected chi connectivity index (χ0v) is 18.8. The third kappa shape index (κ3) is 5.53. The first kappa shape index (κ1) is 22.2. The fourth-order valence-corrected chi connectivity index (χ4v) is 4.59. The molecule has 1 aliphatic rings. The lowest BCUT2D eigenvalue weighted by Crippen LogP contribution is -2.41. The summed E-state index contributed by atoms with van der Waals surface area (Å²) >= 11 is 0.